The molecule has 2 aromatic carbocycles. The van der Waals surface area contributed by atoms with Gasteiger partial charge in [-0.3, -0.25) is 24.3 Å². The second-order valence-electron chi connectivity index (χ2n) is 7.85. The maximum Gasteiger partial charge on any atom is 0.271 e. The molecule has 5 rings (SSSR count). The van der Waals surface area contributed by atoms with Crippen LogP contribution in [0.5, 0.6) is 0 Å². The molecular formula is C24H19FN4O3. The molecule has 1 atom stereocenters. The number of pyridine rings is 1. The Hall–Kier alpha value is -4.07. The van der Waals surface area contributed by atoms with E-state index in [1.54, 1.807) is 42.7 Å². The predicted octanol–water partition coefficient (Wildman–Crippen LogP) is 3.44. The lowest BCUT2D eigenvalue weighted by molar-refractivity contribution is -0.128. The zero-order chi connectivity index (χ0) is 22.5. The second kappa shape index (κ2) is 7.26. The van der Waals surface area contributed by atoms with Crippen LogP contribution in [0, 0.1) is 5.82 Å². The Labute approximate surface area is 183 Å². The molecule has 1 unspecified atom stereocenters. The SMILES string of the molecule is CN1C(=O)c2ccc(-c3cccnc3)cc2N2C(=O)CCC12C(=O)Nc1cccc(F)c1. The number of likely N-dealkylation sites (N-methyl/N-ethyl adjacent to an activating group) is 1. The van der Waals surface area contributed by atoms with E-state index in [2.05, 4.69) is 10.3 Å². The van der Waals surface area contributed by atoms with Crippen molar-refractivity contribution < 1.29 is 18.8 Å². The second-order valence-corrected chi connectivity index (χ2v) is 7.85. The van der Waals surface area contributed by atoms with Crippen molar-refractivity contribution in [3.05, 3.63) is 78.4 Å². The van der Waals surface area contributed by atoms with Crippen LogP contribution in [0.4, 0.5) is 15.8 Å². The third-order valence-electron chi connectivity index (χ3n) is 6.08. The highest BCUT2D eigenvalue weighted by Crippen LogP contribution is 2.45. The van der Waals surface area contributed by atoms with E-state index in [4.69, 9.17) is 0 Å². The largest absolute Gasteiger partial charge is 0.322 e. The molecule has 1 saturated heterocycles. The minimum atomic E-state index is -1.54. The van der Waals surface area contributed by atoms with Gasteiger partial charge >= 0.3 is 0 Å². The molecule has 0 bridgehead atoms. The molecule has 0 saturated carbocycles. The van der Waals surface area contributed by atoms with Crippen LogP contribution in [0.3, 0.4) is 0 Å². The summed E-state index contributed by atoms with van der Waals surface area (Å²) in [5.41, 5.74) is 1.02. The number of halogens is 1. The molecule has 1 fully saturated rings. The fraction of sp³-hybridized carbons (Fsp3) is 0.167. The lowest BCUT2D eigenvalue weighted by Gasteiger charge is -2.47. The van der Waals surface area contributed by atoms with Crippen molar-refractivity contribution in [2.75, 3.05) is 17.3 Å². The number of hydrogen-bond acceptors (Lipinski definition) is 4. The van der Waals surface area contributed by atoms with E-state index in [0.29, 0.717) is 11.3 Å². The summed E-state index contributed by atoms with van der Waals surface area (Å²) in [4.78, 5) is 46.6. The highest BCUT2D eigenvalue weighted by molar-refractivity contribution is 6.18. The van der Waals surface area contributed by atoms with Crippen molar-refractivity contribution in [1.82, 2.24) is 9.88 Å². The van der Waals surface area contributed by atoms with Crippen LogP contribution in [0.25, 0.3) is 11.1 Å². The molecule has 2 aliphatic rings. The maximum absolute atomic E-state index is 13.6. The lowest BCUT2D eigenvalue weighted by Crippen LogP contribution is -2.68. The van der Waals surface area contributed by atoms with Crippen LogP contribution in [-0.4, -0.2) is 40.3 Å². The Morgan fingerprint density at radius 2 is 1.94 bits per heavy atom. The molecule has 1 aromatic heterocycles. The molecule has 3 amide bonds. The first-order valence-corrected chi connectivity index (χ1v) is 10.1. The Morgan fingerprint density at radius 3 is 2.69 bits per heavy atom. The number of carbonyl (C=O) groups is 3. The molecule has 7 nitrogen and oxygen atoms in total. The van der Waals surface area contributed by atoms with Crippen molar-refractivity contribution in [3.8, 4) is 11.1 Å². The first kappa shape index (κ1) is 19.9. The monoisotopic (exact) mass is 430 g/mol. The number of nitrogens with one attached hydrogen (secondary N) is 1. The Kier molecular flexibility index (Phi) is 4.51. The molecule has 0 radical (unpaired) electrons. The van der Waals surface area contributed by atoms with E-state index >= 15 is 0 Å². The minimum absolute atomic E-state index is 0.102. The molecule has 1 N–H and O–H groups in total. The van der Waals surface area contributed by atoms with Gasteiger partial charge in [0.1, 0.15) is 5.82 Å². The van der Waals surface area contributed by atoms with Crippen LogP contribution in [-0.2, 0) is 9.59 Å². The maximum atomic E-state index is 13.6. The molecular weight excluding hydrogens is 411 g/mol. The number of nitrogens with zero attached hydrogens (tertiary/aromatic N) is 3. The molecule has 160 valence electrons. The van der Waals surface area contributed by atoms with Gasteiger partial charge in [-0.05, 0) is 42.0 Å². The molecule has 32 heavy (non-hydrogen) atoms. The molecule has 0 spiro atoms. The van der Waals surface area contributed by atoms with Crippen molar-refractivity contribution in [1.29, 1.82) is 0 Å². The predicted molar refractivity (Wildman–Crippen MR) is 116 cm³/mol. The summed E-state index contributed by atoms with van der Waals surface area (Å²) in [6, 6.07) is 14.4. The number of hydrogen-bond donors (Lipinski definition) is 1. The van der Waals surface area contributed by atoms with Gasteiger partial charge in [-0.1, -0.05) is 18.2 Å². The molecule has 0 aliphatic carbocycles. The van der Waals surface area contributed by atoms with E-state index in [1.807, 2.05) is 6.07 Å². The summed E-state index contributed by atoms with van der Waals surface area (Å²) in [6.45, 7) is 0. The van der Waals surface area contributed by atoms with E-state index in [9.17, 15) is 18.8 Å². The van der Waals surface area contributed by atoms with E-state index < -0.39 is 17.4 Å². The number of fused-ring (bicyclic) bond motifs is 3. The fourth-order valence-electron chi connectivity index (χ4n) is 4.49. The zero-order valence-electron chi connectivity index (χ0n) is 17.2. The summed E-state index contributed by atoms with van der Waals surface area (Å²) in [5, 5.41) is 2.69. The number of benzene rings is 2. The van der Waals surface area contributed by atoms with Gasteiger partial charge in [0.25, 0.3) is 11.8 Å². The van der Waals surface area contributed by atoms with Crippen LogP contribution >= 0.6 is 0 Å². The zero-order valence-corrected chi connectivity index (χ0v) is 17.2. The third-order valence-corrected chi connectivity index (χ3v) is 6.08. The Bertz CT molecular complexity index is 1260. The summed E-state index contributed by atoms with van der Waals surface area (Å²) in [7, 11) is 1.51. The normalized spacial score (nSPS) is 19.6. The summed E-state index contributed by atoms with van der Waals surface area (Å²) in [5.74, 6) is -1.69. The molecule has 3 heterocycles. The van der Waals surface area contributed by atoms with Crippen LogP contribution < -0.4 is 10.2 Å². The number of rotatable bonds is 3. The minimum Gasteiger partial charge on any atom is -0.322 e. The van der Waals surface area contributed by atoms with Crippen molar-refractivity contribution in [2.45, 2.75) is 18.5 Å². The summed E-state index contributed by atoms with van der Waals surface area (Å²) < 4.78 is 13.6. The van der Waals surface area contributed by atoms with Gasteiger partial charge in [-0.25, -0.2) is 4.39 Å². The first-order chi connectivity index (χ1) is 15.4. The molecule has 8 heteroatoms. The lowest BCUT2D eigenvalue weighted by atomic mass is 9.94. The smallest absolute Gasteiger partial charge is 0.271 e. The van der Waals surface area contributed by atoms with E-state index in [1.165, 1.54) is 35.0 Å². The van der Waals surface area contributed by atoms with Gasteiger partial charge < -0.3 is 10.2 Å². The topological polar surface area (TPSA) is 82.6 Å². The quantitative estimate of drug-likeness (QED) is 0.690. The number of aromatic nitrogens is 1. The van der Waals surface area contributed by atoms with E-state index in [-0.39, 0.29) is 30.3 Å². The Morgan fingerprint density at radius 1 is 1.09 bits per heavy atom. The molecule has 3 aromatic rings. The first-order valence-electron chi connectivity index (χ1n) is 10.1. The third kappa shape index (κ3) is 2.87. The number of amides is 3. The molecule has 2 aliphatic heterocycles. The number of anilines is 2. The van der Waals surface area contributed by atoms with Gasteiger partial charge in [0.15, 0.2) is 0 Å². The average molecular weight is 430 g/mol. The van der Waals surface area contributed by atoms with Crippen molar-refractivity contribution >= 4 is 29.1 Å². The average Bonchev–Trinajstić information content (AvgIpc) is 3.16. The van der Waals surface area contributed by atoms with Crippen LogP contribution in [0.2, 0.25) is 0 Å². The standard InChI is InChI=1S/C24H19FN4O3/c1-28-22(31)19-8-7-15(16-4-3-11-26-14-16)12-20(19)29-21(30)9-10-24(28,29)23(32)27-18-6-2-5-17(25)13-18/h2-8,11-14H,9-10H2,1H3,(H,27,32). The fourth-order valence-corrected chi connectivity index (χ4v) is 4.49. The van der Waals surface area contributed by atoms with Gasteiger partial charge in [0, 0.05) is 43.5 Å². The highest BCUT2D eigenvalue weighted by Gasteiger charge is 2.59. The van der Waals surface area contributed by atoms with Crippen LogP contribution in [0.15, 0.2) is 67.0 Å². The van der Waals surface area contributed by atoms with Gasteiger partial charge in [-0.15, -0.1) is 0 Å². The summed E-state index contributed by atoms with van der Waals surface area (Å²) >= 11 is 0. The Balaban J connectivity index is 1.63. The summed E-state index contributed by atoms with van der Waals surface area (Å²) in [6.07, 6.45) is 3.58. The highest BCUT2D eigenvalue weighted by atomic mass is 19.1. The van der Waals surface area contributed by atoms with Gasteiger partial charge in [0.2, 0.25) is 11.6 Å². The van der Waals surface area contributed by atoms with Gasteiger partial charge in [-0.2, -0.15) is 0 Å². The van der Waals surface area contributed by atoms with Gasteiger partial charge in [0.05, 0.1) is 11.3 Å². The van der Waals surface area contributed by atoms with E-state index in [0.717, 1.165) is 11.1 Å². The van der Waals surface area contributed by atoms with Crippen molar-refractivity contribution in [2.24, 2.45) is 0 Å². The number of carbonyl (C=O) groups excluding carboxylic acids is 3. The van der Waals surface area contributed by atoms with Crippen molar-refractivity contribution in [3.63, 3.8) is 0 Å². The van der Waals surface area contributed by atoms with Crippen LogP contribution in [0.1, 0.15) is 23.2 Å².